The molecule has 0 saturated carbocycles. The number of nitrogens with zero attached hydrogens (tertiary/aromatic N) is 1. The number of rotatable bonds is 7. The normalized spacial score (nSPS) is 10.2. The molecule has 0 atom stereocenters. The molecule has 0 fully saturated rings. The first-order chi connectivity index (χ1) is 12.0. The summed E-state index contributed by atoms with van der Waals surface area (Å²) in [6.45, 7) is 1.91. The molecule has 0 heterocycles. The third kappa shape index (κ3) is 5.80. The Hall–Kier alpha value is -2.53. The fraction of sp³-hybridized carbons (Fsp3) is 0.263. The maximum Gasteiger partial charge on any atom is 0.325 e. The number of hydrogen-bond donors (Lipinski definition) is 0. The van der Waals surface area contributed by atoms with E-state index in [1.807, 2.05) is 30.3 Å². The van der Waals surface area contributed by atoms with Gasteiger partial charge in [0.15, 0.2) is 0 Å². The van der Waals surface area contributed by atoms with Crippen LogP contribution in [-0.2, 0) is 20.7 Å². The summed E-state index contributed by atoms with van der Waals surface area (Å²) in [5.41, 5.74) is 0.650. The zero-order valence-corrected chi connectivity index (χ0v) is 15.0. The average Bonchev–Trinajstić information content (AvgIpc) is 2.58. The lowest BCUT2D eigenvalue weighted by atomic mass is 10.1. The molecule has 0 aliphatic heterocycles. The molecule has 0 radical (unpaired) electrons. The van der Waals surface area contributed by atoms with E-state index >= 15 is 0 Å². The van der Waals surface area contributed by atoms with Gasteiger partial charge in [-0.15, -0.1) is 0 Å². The molecule has 0 aliphatic carbocycles. The van der Waals surface area contributed by atoms with Crippen molar-refractivity contribution in [3.8, 4) is 11.5 Å². The largest absolute Gasteiger partial charge is 0.465 e. The molecule has 2 aromatic rings. The van der Waals surface area contributed by atoms with E-state index in [1.165, 1.54) is 4.90 Å². The second-order valence-corrected chi connectivity index (χ2v) is 5.84. The summed E-state index contributed by atoms with van der Waals surface area (Å²) in [6.07, 6.45) is 0.0681. The number of likely N-dealkylation sites (N-methyl/N-ethyl adjacent to an activating group) is 1. The minimum absolute atomic E-state index is 0.0681. The van der Waals surface area contributed by atoms with Crippen LogP contribution in [0.15, 0.2) is 48.5 Å². The summed E-state index contributed by atoms with van der Waals surface area (Å²) in [7, 11) is 1.56. The Bertz CT molecular complexity index is 733. The Labute approximate surface area is 152 Å². The van der Waals surface area contributed by atoms with Crippen molar-refractivity contribution in [2.24, 2.45) is 0 Å². The van der Waals surface area contributed by atoms with E-state index in [1.54, 1.807) is 32.2 Å². The topological polar surface area (TPSA) is 55.8 Å². The third-order valence-corrected chi connectivity index (χ3v) is 3.67. The fourth-order valence-electron chi connectivity index (χ4n) is 2.19. The quantitative estimate of drug-likeness (QED) is 0.706. The van der Waals surface area contributed by atoms with Crippen LogP contribution in [0.1, 0.15) is 12.5 Å². The van der Waals surface area contributed by atoms with Gasteiger partial charge in [0.2, 0.25) is 5.91 Å². The summed E-state index contributed by atoms with van der Waals surface area (Å²) in [5.74, 6) is 0.547. The van der Waals surface area contributed by atoms with Crippen LogP contribution in [0.5, 0.6) is 11.5 Å². The van der Waals surface area contributed by atoms with Crippen LogP contribution in [0.25, 0.3) is 0 Å². The maximum absolute atomic E-state index is 12.4. The molecule has 0 spiro atoms. The van der Waals surface area contributed by atoms with Crippen LogP contribution in [0.2, 0.25) is 5.02 Å². The molecule has 0 unspecified atom stereocenters. The Morgan fingerprint density at radius 2 is 1.84 bits per heavy atom. The van der Waals surface area contributed by atoms with Gasteiger partial charge >= 0.3 is 5.97 Å². The highest BCUT2D eigenvalue weighted by Gasteiger charge is 2.17. The second-order valence-electron chi connectivity index (χ2n) is 5.40. The third-order valence-electron chi connectivity index (χ3n) is 3.43. The molecular weight excluding hydrogens is 342 g/mol. The van der Waals surface area contributed by atoms with Crippen LogP contribution < -0.4 is 4.74 Å². The van der Waals surface area contributed by atoms with E-state index < -0.39 is 5.97 Å². The van der Waals surface area contributed by atoms with Crippen molar-refractivity contribution in [2.45, 2.75) is 13.3 Å². The number of carbonyl (C=O) groups is 2. The monoisotopic (exact) mass is 361 g/mol. The van der Waals surface area contributed by atoms with E-state index in [0.29, 0.717) is 22.1 Å². The second kappa shape index (κ2) is 9.08. The molecule has 0 bridgehead atoms. The smallest absolute Gasteiger partial charge is 0.325 e. The number of ether oxygens (including phenoxy) is 2. The highest BCUT2D eigenvalue weighted by molar-refractivity contribution is 6.30. The summed E-state index contributed by atoms with van der Waals surface area (Å²) in [6, 6.07) is 14.4. The van der Waals surface area contributed by atoms with E-state index in [-0.39, 0.29) is 25.5 Å². The number of carbonyl (C=O) groups excluding carboxylic acids is 2. The molecule has 2 aromatic carbocycles. The van der Waals surface area contributed by atoms with Gasteiger partial charge in [-0.25, -0.2) is 0 Å². The van der Waals surface area contributed by atoms with Crippen LogP contribution >= 0.6 is 11.6 Å². The Morgan fingerprint density at radius 3 is 2.52 bits per heavy atom. The number of hydrogen-bond acceptors (Lipinski definition) is 4. The number of esters is 1. The van der Waals surface area contributed by atoms with Gasteiger partial charge < -0.3 is 14.4 Å². The molecule has 2 rings (SSSR count). The first-order valence-corrected chi connectivity index (χ1v) is 8.28. The number of halogens is 1. The van der Waals surface area contributed by atoms with E-state index in [2.05, 4.69) is 0 Å². The van der Waals surface area contributed by atoms with E-state index in [9.17, 15) is 9.59 Å². The maximum atomic E-state index is 12.4. The molecule has 0 N–H and O–H groups in total. The number of para-hydroxylation sites is 1. The van der Waals surface area contributed by atoms with Gasteiger partial charge in [0, 0.05) is 17.6 Å². The zero-order chi connectivity index (χ0) is 18.2. The van der Waals surface area contributed by atoms with Crippen LogP contribution in [0, 0.1) is 0 Å². The predicted octanol–water partition coefficient (Wildman–Crippen LogP) is 3.70. The van der Waals surface area contributed by atoms with E-state index in [0.717, 1.165) is 0 Å². The highest BCUT2D eigenvalue weighted by Crippen LogP contribution is 2.28. The fourth-order valence-corrected chi connectivity index (χ4v) is 2.38. The molecule has 132 valence electrons. The molecule has 0 aliphatic rings. The van der Waals surface area contributed by atoms with Gasteiger partial charge in [0.05, 0.1) is 13.0 Å². The van der Waals surface area contributed by atoms with Gasteiger partial charge in [-0.1, -0.05) is 29.8 Å². The average molecular weight is 362 g/mol. The van der Waals surface area contributed by atoms with Gasteiger partial charge in [0.1, 0.15) is 18.0 Å². The van der Waals surface area contributed by atoms with Gasteiger partial charge in [-0.05, 0) is 37.3 Å². The summed E-state index contributed by atoms with van der Waals surface area (Å²) >= 11 is 6.05. The molecule has 5 nitrogen and oxygen atoms in total. The zero-order valence-electron chi connectivity index (χ0n) is 14.2. The van der Waals surface area contributed by atoms with Crippen molar-refractivity contribution in [3.63, 3.8) is 0 Å². The molecule has 25 heavy (non-hydrogen) atoms. The molecule has 1 amide bonds. The number of benzene rings is 2. The van der Waals surface area contributed by atoms with Crippen molar-refractivity contribution in [3.05, 3.63) is 59.1 Å². The first kappa shape index (κ1) is 18.8. The number of amides is 1. The molecular formula is C19H20ClNO4. The molecule has 6 heteroatoms. The lowest BCUT2D eigenvalue weighted by molar-refractivity contribution is -0.147. The summed E-state index contributed by atoms with van der Waals surface area (Å²) < 4.78 is 10.7. The van der Waals surface area contributed by atoms with Crippen molar-refractivity contribution in [1.82, 2.24) is 4.90 Å². The minimum Gasteiger partial charge on any atom is -0.465 e. The van der Waals surface area contributed by atoms with Crippen molar-refractivity contribution < 1.29 is 19.1 Å². The van der Waals surface area contributed by atoms with Gasteiger partial charge in [0.25, 0.3) is 0 Å². The Kier molecular flexibility index (Phi) is 6.83. The standard InChI is InChI=1S/C19H20ClNO4/c1-3-24-19(23)13-21(2)18(22)12-14-11-15(20)9-10-17(14)25-16-7-5-4-6-8-16/h4-11H,3,12-13H2,1-2H3. The lowest BCUT2D eigenvalue weighted by Crippen LogP contribution is -2.34. The van der Waals surface area contributed by atoms with E-state index in [4.69, 9.17) is 21.1 Å². The van der Waals surface area contributed by atoms with Crippen molar-refractivity contribution in [2.75, 3.05) is 20.2 Å². The van der Waals surface area contributed by atoms with Crippen LogP contribution in [0.4, 0.5) is 0 Å². The van der Waals surface area contributed by atoms with Crippen LogP contribution in [-0.4, -0.2) is 37.0 Å². The SMILES string of the molecule is CCOC(=O)CN(C)C(=O)Cc1cc(Cl)ccc1Oc1ccccc1. The summed E-state index contributed by atoms with van der Waals surface area (Å²) in [4.78, 5) is 25.2. The first-order valence-electron chi connectivity index (χ1n) is 7.90. The minimum atomic E-state index is -0.440. The Morgan fingerprint density at radius 1 is 1.12 bits per heavy atom. The molecule has 0 saturated heterocycles. The van der Waals surface area contributed by atoms with Gasteiger partial charge in [-0.2, -0.15) is 0 Å². The lowest BCUT2D eigenvalue weighted by Gasteiger charge is -2.17. The predicted molar refractivity (Wildman–Crippen MR) is 95.9 cm³/mol. The van der Waals surface area contributed by atoms with Crippen molar-refractivity contribution >= 4 is 23.5 Å². The Balaban J connectivity index is 2.11. The van der Waals surface area contributed by atoms with Crippen LogP contribution in [0.3, 0.4) is 0 Å². The van der Waals surface area contributed by atoms with Gasteiger partial charge in [-0.3, -0.25) is 9.59 Å². The molecule has 0 aromatic heterocycles. The highest BCUT2D eigenvalue weighted by atomic mass is 35.5. The van der Waals surface area contributed by atoms with Crippen molar-refractivity contribution in [1.29, 1.82) is 0 Å². The summed E-state index contributed by atoms with van der Waals surface area (Å²) in [5, 5.41) is 0.510.